The molecule has 0 fully saturated rings. The molecule has 0 spiro atoms. The Morgan fingerprint density at radius 3 is 1.73 bits per heavy atom. The summed E-state index contributed by atoms with van der Waals surface area (Å²) < 4.78 is 0. The second kappa shape index (κ2) is 5.56. The van der Waals surface area contributed by atoms with Crippen LogP contribution in [0.4, 0.5) is 0 Å². The molecule has 0 bridgehead atoms. The van der Waals surface area contributed by atoms with Crippen molar-refractivity contribution in [3.05, 3.63) is 0 Å². The van der Waals surface area contributed by atoms with Crippen molar-refractivity contribution in [2.75, 3.05) is 20.6 Å². The summed E-state index contributed by atoms with van der Waals surface area (Å²) >= 11 is 0. The highest BCUT2D eigenvalue weighted by Crippen LogP contribution is 2.15. The Morgan fingerprint density at radius 1 is 1.18 bits per heavy atom. The zero-order valence-corrected chi connectivity index (χ0v) is 8.30. The molecule has 0 aromatic rings. The van der Waals surface area contributed by atoms with Gasteiger partial charge in [0, 0.05) is 12.6 Å². The van der Waals surface area contributed by atoms with E-state index in [1.807, 2.05) is 0 Å². The minimum absolute atomic E-state index is 0.560. The van der Waals surface area contributed by atoms with Gasteiger partial charge < -0.3 is 10.6 Å². The van der Waals surface area contributed by atoms with Gasteiger partial charge in [-0.15, -0.1) is 0 Å². The predicted molar refractivity (Wildman–Crippen MR) is 50.6 cm³/mol. The van der Waals surface area contributed by atoms with Crippen molar-refractivity contribution in [1.29, 1.82) is 0 Å². The predicted octanol–water partition coefficient (Wildman–Crippen LogP) is 1.31. The third-order valence-electron chi connectivity index (χ3n) is 2.50. The zero-order chi connectivity index (χ0) is 8.85. The molecule has 1 atom stereocenters. The highest BCUT2D eigenvalue weighted by atomic mass is 15.1. The summed E-state index contributed by atoms with van der Waals surface area (Å²) in [6, 6.07) is 0.560. The van der Waals surface area contributed by atoms with Crippen LogP contribution in [0.15, 0.2) is 0 Å². The van der Waals surface area contributed by atoms with E-state index in [0.717, 1.165) is 12.5 Å². The summed E-state index contributed by atoms with van der Waals surface area (Å²) in [5.41, 5.74) is 5.68. The van der Waals surface area contributed by atoms with E-state index in [-0.39, 0.29) is 0 Å². The molecule has 0 aliphatic rings. The monoisotopic (exact) mass is 158 g/mol. The van der Waals surface area contributed by atoms with Gasteiger partial charge in [0.05, 0.1) is 0 Å². The first-order valence-electron chi connectivity index (χ1n) is 4.53. The van der Waals surface area contributed by atoms with Crippen molar-refractivity contribution in [3.63, 3.8) is 0 Å². The van der Waals surface area contributed by atoms with Gasteiger partial charge in [-0.25, -0.2) is 0 Å². The van der Waals surface area contributed by atoms with Crippen molar-refractivity contribution < 1.29 is 0 Å². The van der Waals surface area contributed by atoms with Gasteiger partial charge in [0.1, 0.15) is 0 Å². The number of rotatable bonds is 5. The van der Waals surface area contributed by atoms with Crippen molar-refractivity contribution >= 4 is 0 Å². The van der Waals surface area contributed by atoms with Crippen LogP contribution in [0.25, 0.3) is 0 Å². The van der Waals surface area contributed by atoms with Crippen LogP contribution in [-0.2, 0) is 0 Å². The van der Waals surface area contributed by atoms with Gasteiger partial charge in [0.15, 0.2) is 0 Å². The molecule has 11 heavy (non-hydrogen) atoms. The maximum absolute atomic E-state index is 5.68. The molecule has 2 nitrogen and oxygen atoms in total. The fraction of sp³-hybridized carbons (Fsp3) is 1.00. The molecule has 0 aromatic heterocycles. The minimum Gasteiger partial charge on any atom is -0.329 e. The average Bonchev–Trinajstić information content (AvgIpc) is 1.99. The van der Waals surface area contributed by atoms with Gasteiger partial charge in [-0.1, -0.05) is 26.7 Å². The van der Waals surface area contributed by atoms with Crippen LogP contribution in [0.5, 0.6) is 0 Å². The lowest BCUT2D eigenvalue weighted by molar-refractivity contribution is 0.205. The fourth-order valence-corrected chi connectivity index (χ4v) is 1.66. The van der Waals surface area contributed by atoms with Crippen LogP contribution in [0.1, 0.15) is 26.7 Å². The summed E-state index contributed by atoms with van der Waals surface area (Å²) in [5, 5.41) is 0. The van der Waals surface area contributed by atoms with E-state index in [4.69, 9.17) is 5.73 Å². The number of hydrogen-bond acceptors (Lipinski definition) is 2. The minimum atomic E-state index is 0.560. The average molecular weight is 158 g/mol. The van der Waals surface area contributed by atoms with Crippen molar-refractivity contribution in [3.8, 4) is 0 Å². The molecular formula is C9H22N2. The standard InChI is InChI=1S/C9H22N2/c1-5-8(6-2)9(7-10)11(3)4/h8-9H,5-7,10H2,1-4H3/t9-/m1/s1. The van der Waals surface area contributed by atoms with Gasteiger partial charge in [0.2, 0.25) is 0 Å². The van der Waals surface area contributed by atoms with E-state index in [9.17, 15) is 0 Å². The molecule has 0 aliphatic heterocycles. The van der Waals surface area contributed by atoms with Gasteiger partial charge in [0.25, 0.3) is 0 Å². The molecule has 0 aliphatic carbocycles. The lowest BCUT2D eigenvalue weighted by Gasteiger charge is -2.29. The fourth-order valence-electron chi connectivity index (χ4n) is 1.66. The molecule has 0 amide bonds. The number of hydrogen-bond donors (Lipinski definition) is 1. The van der Waals surface area contributed by atoms with E-state index in [1.54, 1.807) is 0 Å². The largest absolute Gasteiger partial charge is 0.329 e. The highest BCUT2D eigenvalue weighted by molar-refractivity contribution is 4.74. The van der Waals surface area contributed by atoms with E-state index >= 15 is 0 Å². The van der Waals surface area contributed by atoms with Crippen molar-refractivity contribution in [2.45, 2.75) is 32.7 Å². The molecule has 0 saturated carbocycles. The van der Waals surface area contributed by atoms with Gasteiger partial charge in [-0.2, -0.15) is 0 Å². The smallest absolute Gasteiger partial charge is 0.0240 e. The maximum Gasteiger partial charge on any atom is 0.0240 e. The Kier molecular flexibility index (Phi) is 5.51. The highest BCUT2D eigenvalue weighted by Gasteiger charge is 2.18. The van der Waals surface area contributed by atoms with Gasteiger partial charge >= 0.3 is 0 Å². The maximum atomic E-state index is 5.68. The molecular weight excluding hydrogens is 136 g/mol. The summed E-state index contributed by atoms with van der Waals surface area (Å²) in [6.07, 6.45) is 2.47. The van der Waals surface area contributed by atoms with Crippen LogP contribution in [-0.4, -0.2) is 31.6 Å². The Labute approximate surface area is 70.8 Å². The molecule has 2 N–H and O–H groups in total. The normalized spacial score (nSPS) is 14.5. The quantitative estimate of drug-likeness (QED) is 0.653. The second-order valence-corrected chi connectivity index (χ2v) is 3.34. The summed E-state index contributed by atoms with van der Waals surface area (Å²) in [4.78, 5) is 2.23. The third-order valence-corrected chi connectivity index (χ3v) is 2.50. The van der Waals surface area contributed by atoms with E-state index in [2.05, 4.69) is 32.8 Å². The van der Waals surface area contributed by atoms with Crippen LogP contribution < -0.4 is 5.73 Å². The Balaban J connectivity index is 3.98. The molecule has 68 valence electrons. The zero-order valence-electron chi connectivity index (χ0n) is 8.30. The van der Waals surface area contributed by atoms with Crippen LogP contribution in [0, 0.1) is 5.92 Å². The molecule has 0 unspecified atom stereocenters. The molecule has 0 radical (unpaired) electrons. The third kappa shape index (κ3) is 3.21. The first-order valence-corrected chi connectivity index (χ1v) is 4.53. The van der Waals surface area contributed by atoms with Crippen molar-refractivity contribution in [1.82, 2.24) is 4.90 Å². The lowest BCUT2D eigenvalue weighted by atomic mass is 9.93. The SMILES string of the molecule is CCC(CC)[C@@H](CN)N(C)C. The van der Waals surface area contributed by atoms with E-state index in [0.29, 0.717) is 6.04 Å². The van der Waals surface area contributed by atoms with Crippen LogP contribution >= 0.6 is 0 Å². The van der Waals surface area contributed by atoms with Crippen LogP contribution in [0.2, 0.25) is 0 Å². The molecule has 0 saturated heterocycles. The van der Waals surface area contributed by atoms with E-state index < -0.39 is 0 Å². The van der Waals surface area contributed by atoms with E-state index in [1.165, 1.54) is 12.8 Å². The number of nitrogens with two attached hydrogens (primary N) is 1. The first kappa shape index (κ1) is 10.9. The number of likely N-dealkylation sites (N-methyl/N-ethyl adjacent to an activating group) is 1. The molecule has 0 aromatic carbocycles. The second-order valence-electron chi connectivity index (χ2n) is 3.34. The van der Waals surface area contributed by atoms with Gasteiger partial charge in [-0.3, -0.25) is 0 Å². The Hall–Kier alpha value is -0.0800. The molecule has 2 heteroatoms. The summed E-state index contributed by atoms with van der Waals surface area (Å²) in [7, 11) is 4.21. The van der Waals surface area contributed by atoms with Crippen molar-refractivity contribution in [2.24, 2.45) is 11.7 Å². The van der Waals surface area contributed by atoms with Gasteiger partial charge in [-0.05, 0) is 20.0 Å². The van der Waals surface area contributed by atoms with Crippen LogP contribution in [0.3, 0.4) is 0 Å². The topological polar surface area (TPSA) is 29.3 Å². The molecule has 0 heterocycles. The summed E-state index contributed by atoms with van der Waals surface area (Å²) in [5.74, 6) is 0.759. The lowest BCUT2D eigenvalue weighted by Crippen LogP contribution is -2.40. The Bertz CT molecular complexity index is 87.6. The number of nitrogens with zero attached hydrogens (tertiary/aromatic N) is 1. The molecule has 0 rings (SSSR count). The first-order chi connectivity index (χ1) is 5.17. The summed E-state index contributed by atoms with van der Waals surface area (Å²) in [6.45, 7) is 5.25. The Morgan fingerprint density at radius 2 is 1.64 bits per heavy atom.